The van der Waals surface area contributed by atoms with Crippen LogP contribution in [0, 0.1) is 6.92 Å². The number of hydrogen-bond donors (Lipinski definition) is 0. The van der Waals surface area contributed by atoms with E-state index in [1.807, 2.05) is 13.0 Å². The summed E-state index contributed by atoms with van der Waals surface area (Å²) in [6.07, 6.45) is 5.99. The van der Waals surface area contributed by atoms with Gasteiger partial charge < -0.3 is 23.7 Å². The van der Waals surface area contributed by atoms with Crippen molar-refractivity contribution in [3.8, 4) is 23.0 Å². The van der Waals surface area contributed by atoms with Gasteiger partial charge in [-0.25, -0.2) is 0 Å². The lowest BCUT2D eigenvalue weighted by atomic mass is 9.98. The van der Waals surface area contributed by atoms with Crippen molar-refractivity contribution in [2.45, 2.75) is 25.9 Å². The molecule has 0 saturated carbocycles. The molecule has 0 aliphatic carbocycles. The highest BCUT2D eigenvalue weighted by atomic mass is 16.5. The van der Waals surface area contributed by atoms with E-state index in [4.69, 9.17) is 23.7 Å². The molecule has 0 radical (unpaired) electrons. The van der Waals surface area contributed by atoms with Crippen LogP contribution in [0.1, 0.15) is 17.5 Å². The van der Waals surface area contributed by atoms with Gasteiger partial charge in [0.1, 0.15) is 0 Å². The quantitative estimate of drug-likeness (QED) is 0.725. The second-order valence-electron chi connectivity index (χ2n) is 5.08. The Labute approximate surface area is 131 Å². The first kappa shape index (κ1) is 16.5. The number of ether oxygens (including phenoxy) is 5. The number of rotatable bonds is 7. The van der Waals surface area contributed by atoms with E-state index in [0.717, 1.165) is 24.0 Å². The van der Waals surface area contributed by atoms with Gasteiger partial charge in [-0.05, 0) is 19.8 Å². The van der Waals surface area contributed by atoms with E-state index >= 15 is 0 Å². The van der Waals surface area contributed by atoms with Crippen LogP contribution in [0.4, 0.5) is 0 Å². The maximum absolute atomic E-state index is 5.61. The Morgan fingerprint density at radius 1 is 0.955 bits per heavy atom. The molecule has 1 atom stereocenters. The molecule has 5 heteroatoms. The van der Waals surface area contributed by atoms with Crippen LogP contribution in [0.3, 0.4) is 0 Å². The molecule has 1 aromatic carbocycles. The zero-order chi connectivity index (χ0) is 16.1. The van der Waals surface area contributed by atoms with Gasteiger partial charge in [-0.2, -0.15) is 0 Å². The smallest absolute Gasteiger partial charge is 0.207 e. The lowest BCUT2D eigenvalue weighted by molar-refractivity contribution is 0.121. The highest BCUT2D eigenvalue weighted by Crippen LogP contribution is 2.49. The van der Waals surface area contributed by atoms with Crippen LogP contribution in [0.25, 0.3) is 0 Å². The lowest BCUT2D eigenvalue weighted by Crippen LogP contribution is -2.09. The summed E-state index contributed by atoms with van der Waals surface area (Å²) in [6.45, 7) is 2.69. The van der Waals surface area contributed by atoms with E-state index in [2.05, 4.69) is 6.08 Å². The minimum absolute atomic E-state index is 0.156. The molecule has 0 N–H and O–H groups in total. The Balaban J connectivity index is 2.43. The van der Waals surface area contributed by atoms with Gasteiger partial charge in [-0.1, -0.05) is 12.2 Å². The molecule has 1 aliphatic heterocycles. The van der Waals surface area contributed by atoms with Crippen molar-refractivity contribution >= 4 is 0 Å². The predicted molar refractivity (Wildman–Crippen MR) is 84.6 cm³/mol. The summed E-state index contributed by atoms with van der Waals surface area (Å²) in [5.74, 6) is 2.49. The van der Waals surface area contributed by atoms with Gasteiger partial charge in [0.15, 0.2) is 11.5 Å². The van der Waals surface area contributed by atoms with E-state index in [0.29, 0.717) is 29.6 Å². The minimum atomic E-state index is 0.156. The molecule has 0 aromatic heterocycles. The second-order valence-corrected chi connectivity index (χ2v) is 5.08. The Morgan fingerprint density at radius 3 is 2.05 bits per heavy atom. The summed E-state index contributed by atoms with van der Waals surface area (Å²) in [5, 5.41) is 0. The molecule has 1 aromatic rings. The van der Waals surface area contributed by atoms with E-state index in [1.165, 1.54) is 0 Å². The largest absolute Gasteiger partial charge is 0.492 e. The zero-order valence-corrected chi connectivity index (χ0v) is 13.9. The first-order chi connectivity index (χ1) is 10.7. The van der Waals surface area contributed by atoms with Crippen molar-refractivity contribution in [3.05, 3.63) is 23.3 Å². The highest BCUT2D eigenvalue weighted by molar-refractivity contribution is 5.66. The first-order valence-electron chi connectivity index (χ1n) is 7.31. The number of benzene rings is 1. The normalized spacial score (nSPS) is 16.7. The summed E-state index contributed by atoms with van der Waals surface area (Å²) in [6, 6.07) is 0. The zero-order valence-electron chi connectivity index (χ0n) is 13.9. The summed E-state index contributed by atoms with van der Waals surface area (Å²) in [5.41, 5.74) is 2.06. The molecule has 5 nitrogen and oxygen atoms in total. The topological polar surface area (TPSA) is 46.2 Å². The van der Waals surface area contributed by atoms with Crippen LogP contribution >= 0.6 is 0 Å². The molecule has 1 heterocycles. The van der Waals surface area contributed by atoms with Gasteiger partial charge in [0.2, 0.25) is 11.5 Å². The number of hydrogen-bond acceptors (Lipinski definition) is 5. The monoisotopic (exact) mass is 308 g/mol. The van der Waals surface area contributed by atoms with Crippen molar-refractivity contribution in [2.24, 2.45) is 0 Å². The Hall–Kier alpha value is -1.88. The van der Waals surface area contributed by atoms with Crippen LogP contribution in [0.5, 0.6) is 23.0 Å². The van der Waals surface area contributed by atoms with Crippen molar-refractivity contribution in [1.82, 2.24) is 0 Å². The fourth-order valence-electron chi connectivity index (χ4n) is 2.86. The standard InChI is InChI=1S/C17H24O5/c1-11-13(9-8-12-7-6-10-22-12)15(19-3)17(21-5)16(20-4)14(11)18-2/h6-7,12H,8-10H2,1-5H3. The Morgan fingerprint density at radius 2 is 1.55 bits per heavy atom. The predicted octanol–water partition coefficient (Wildman–Crippen LogP) is 2.92. The fraction of sp³-hybridized carbons (Fsp3) is 0.529. The summed E-state index contributed by atoms with van der Waals surface area (Å²) in [4.78, 5) is 0. The third-order valence-corrected chi connectivity index (χ3v) is 3.94. The second kappa shape index (κ2) is 7.40. The first-order valence-corrected chi connectivity index (χ1v) is 7.31. The molecule has 0 bridgehead atoms. The summed E-state index contributed by atoms with van der Waals surface area (Å²) >= 11 is 0. The van der Waals surface area contributed by atoms with E-state index < -0.39 is 0 Å². The van der Waals surface area contributed by atoms with Crippen LogP contribution in [-0.4, -0.2) is 41.2 Å². The molecule has 1 unspecified atom stereocenters. The van der Waals surface area contributed by atoms with E-state index in [9.17, 15) is 0 Å². The van der Waals surface area contributed by atoms with Crippen LogP contribution < -0.4 is 18.9 Å². The lowest BCUT2D eigenvalue weighted by Gasteiger charge is -2.22. The molecule has 1 aliphatic rings. The molecular formula is C17H24O5. The Kier molecular flexibility index (Phi) is 5.55. The van der Waals surface area contributed by atoms with Gasteiger partial charge in [0, 0.05) is 11.1 Å². The van der Waals surface area contributed by atoms with Gasteiger partial charge in [-0.15, -0.1) is 0 Å². The molecule has 0 amide bonds. The molecule has 22 heavy (non-hydrogen) atoms. The maximum atomic E-state index is 5.61. The fourth-order valence-corrected chi connectivity index (χ4v) is 2.86. The average Bonchev–Trinajstić information content (AvgIpc) is 3.05. The summed E-state index contributed by atoms with van der Waals surface area (Å²) < 4.78 is 27.7. The van der Waals surface area contributed by atoms with Crippen LogP contribution in [0.15, 0.2) is 12.2 Å². The van der Waals surface area contributed by atoms with Crippen molar-refractivity contribution < 1.29 is 23.7 Å². The molecular weight excluding hydrogens is 284 g/mol. The van der Waals surface area contributed by atoms with Gasteiger partial charge in [-0.3, -0.25) is 0 Å². The highest BCUT2D eigenvalue weighted by Gasteiger charge is 2.25. The van der Waals surface area contributed by atoms with E-state index in [1.54, 1.807) is 28.4 Å². The Bertz CT molecular complexity index is 551. The van der Waals surface area contributed by atoms with Crippen LogP contribution in [-0.2, 0) is 11.2 Å². The minimum Gasteiger partial charge on any atom is -0.492 e. The third-order valence-electron chi connectivity index (χ3n) is 3.94. The van der Waals surface area contributed by atoms with E-state index in [-0.39, 0.29) is 6.10 Å². The van der Waals surface area contributed by atoms with Gasteiger partial charge in [0.05, 0.1) is 41.2 Å². The van der Waals surface area contributed by atoms with Gasteiger partial charge in [0.25, 0.3) is 0 Å². The van der Waals surface area contributed by atoms with Crippen molar-refractivity contribution in [1.29, 1.82) is 0 Å². The third kappa shape index (κ3) is 2.99. The maximum Gasteiger partial charge on any atom is 0.207 e. The molecule has 0 fully saturated rings. The summed E-state index contributed by atoms with van der Waals surface area (Å²) in [7, 11) is 6.46. The number of methoxy groups -OCH3 is 4. The SMILES string of the molecule is COc1c(C)c(CCC2C=CCO2)c(OC)c(OC)c1OC. The average molecular weight is 308 g/mol. The molecule has 122 valence electrons. The molecule has 2 rings (SSSR count). The van der Waals surface area contributed by atoms with Crippen LogP contribution in [0.2, 0.25) is 0 Å². The molecule has 0 spiro atoms. The van der Waals surface area contributed by atoms with Crippen molar-refractivity contribution in [2.75, 3.05) is 35.0 Å². The van der Waals surface area contributed by atoms with Gasteiger partial charge >= 0.3 is 0 Å². The van der Waals surface area contributed by atoms with Crippen molar-refractivity contribution in [3.63, 3.8) is 0 Å². The molecule has 0 saturated heterocycles.